The Morgan fingerprint density at radius 2 is 2.00 bits per heavy atom. The highest BCUT2D eigenvalue weighted by atomic mass is 35.5. The molecule has 0 radical (unpaired) electrons. The third kappa shape index (κ3) is 5.11. The number of carbonyl (C=O) groups is 1. The smallest absolute Gasteiger partial charge is 0.244 e. The Morgan fingerprint density at radius 1 is 1.40 bits per heavy atom. The molecule has 0 aliphatic carbocycles. The van der Waals surface area contributed by atoms with Gasteiger partial charge in [0.1, 0.15) is 0 Å². The van der Waals surface area contributed by atoms with Gasteiger partial charge >= 0.3 is 0 Å². The normalized spacial score (nSPS) is 14.0. The number of rotatable bonds is 5. The number of halogens is 1. The number of hydrogen-bond acceptors (Lipinski definition) is 4. The first kappa shape index (κ1) is 18.9. The first-order chi connectivity index (χ1) is 8.66. The summed E-state index contributed by atoms with van der Waals surface area (Å²) >= 11 is 0. The van der Waals surface area contributed by atoms with Gasteiger partial charge in [-0.2, -0.15) is 0 Å². The van der Waals surface area contributed by atoms with Crippen molar-refractivity contribution in [2.75, 3.05) is 11.6 Å². The number of nitrogens with two attached hydrogens (primary N) is 1. The van der Waals surface area contributed by atoms with Crippen molar-refractivity contribution in [3.8, 4) is 0 Å². The van der Waals surface area contributed by atoms with E-state index in [-0.39, 0.29) is 23.2 Å². The van der Waals surface area contributed by atoms with Crippen LogP contribution in [0.15, 0.2) is 29.2 Å². The molecule has 0 spiro atoms. The number of benzene rings is 1. The molecule has 114 valence electrons. The second-order valence-electron chi connectivity index (χ2n) is 4.92. The zero-order valence-corrected chi connectivity index (χ0v) is 13.5. The van der Waals surface area contributed by atoms with E-state index >= 15 is 0 Å². The summed E-state index contributed by atoms with van der Waals surface area (Å²) in [6.07, 6.45) is 2.48. The van der Waals surface area contributed by atoms with E-state index in [9.17, 15) is 13.2 Å². The van der Waals surface area contributed by atoms with Crippen LogP contribution in [0.3, 0.4) is 0 Å². The van der Waals surface area contributed by atoms with Crippen LogP contribution in [-0.4, -0.2) is 26.1 Å². The van der Waals surface area contributed by atoms with Crippen molar-refractivity contribution in [3.05, 3.63) is 24.3 Å². The predicted octanol–water partition coefficient (Wildman–Crippen LogP) is 1.97. The standard InChI is InChI=1S/C13H20N2O3S.ClH/c1-4-8-13(2,14)12(16)15-10-6-5-7-11(9-10)19(3,17)18;/h5-7,9H,4,8,14H2,1-3H3,(H,15,16);1H. The summed E-state index contributed by atoms with van der Waals surface area (Å²) in [4.78, 5) is 12.2. The molecule has 0 heterocycles. The maximum atomic E-state index is 12.0. The van der Waals surface area contributed by atoms with Crippen LogP contribution in [0.25, 0.3) is 0 Å². The molecule has 5 nitrogen and oxygen atoms in total. The molecule has 7 heteroatoms. The van der Waals surface area contributed by atoms with Gasteiger partial charge in [0.15, 0.2) is 9.84 Å². The molecule has 1 amide bonds. The van der Waals surface area contributed by atoms with Crippen LogP contribution >= 0.6 is 12.4 Å². The van der Waals surface area contributed by atoms with E-state index in [0.717, 1.165) is 12.7 Å². The molecule has 0 aliphatic heterocycles. The molecule has 1 atom stereocenters. The van der Waals surface area contributed by atoms with Gasteiger partial charge in [0.25, 0.3) is 0 Å². The minimum Gasteiger partial charge on any atom is -0.324 e. The Hall–Kier alpha value is -1.11. The van der Waals surface area contributed by atoms with E-state index in [4.69, 9.17) is 5.73 Å². The molecule has 0 saturated heterocycles. The molecule has 0 aromatic heterocycles. The Kier molecular flexibility index (Phi) is 6.67. The average Bonchev–Trinajstić information content (AvgIpc) is 2.28. The Labute approximate surface area is 126 Å². The molecule has 0 fully saturated rings. The van der Waals surface area contributed by atoms with E-state index in [0.29, 0.717) is 12.1 Å². The fourth-order valence-corrected chi connectivity index (χ4v) is 2.38. The Balaban J connectivity index is 0.00000361. The summed E-state index contributed by atoms with van der Waals surface area (Å²) in [6.45, 7) is 3.61. The first-order valence-corrected chi connectivity index (χ1v) is 7.96. The molecular formula is C13H21ClN2O3S. The SMILES string of the molecule is CCCC(C)(N)C(=O)Nc1cccc(S(C)(=O)=O)c1.Cl. The van der Waals surface area contributed by atoms with E-state index in [1.54, 1.807) is 19.1 Å². The van der Waals surface area contributed by atoms with Gasteiger partial charge in [-0.05, 0) is 31.5 Å². The van der Waals surface area contributed by atoms with E-state index in [2.05, 4.69) is 5.32 Å². The maximum absolute atomic E-state index is 12.0. The molecule has 0 aliphatic rings. The third-order valence-electron chi connectivity index (χ3n) is 2.81. The second-order valence-corrected chi connectivity index (χ2v) is 6.94. The zero-order chi connectivity index (χ0) is 14.7. The minimum absolute atomic E-state index is 0. The summed E-state index contributed by atoms with van der Waals surface area (Å²) in [5, 5.41) is 2.65. The molecule has 1 aromatic carbocycles. The fraction of sp³-hybridized carbons (Fsp3) is 0.462. The van der Waals surface area contributed by atoms with Crippen LogP contribution in [0.5, 0.6) is 0 Å². The molecule has 20 heavy (non-hydrogen) atoms. The average molecular weight is 321 g/mol. The van der Waals surface area contributed by atoms with Crippen molar-refractivity contribution in [1.29, 1.82) is 0 Å². The highest BCUT2D eigenvalue weighted by Crippen LogP contribution is 2.17. The minimum atomic E-state index is -3.29. The predicted molar refractivity (Wildman–Crippen MR) is 82.9 cm³/mol. The zero-order valence-electron chi connectivity index (χ0n) is 11.8. The lowest BCUT2D eigenvalue weighted by atomic mass is 9.96. The van der Waals surface area contributed by atoms with E-state index in [1.807, 2.05) is 6.92 Å². The van der Waals surface area contributed by atoms with E-state index in [1.165, 1.54) is 12.1 Å². The summed E-state index contributed by atoms with van der Waals surface area (Å²) in [5.41, 5.74) is 5.38. The van der Waals surface area contributed by atoms with Gasteiger partial charge in [-0.15, -0.1) is 12.4 Å². The topological polar surface area (TPSA) is 89.3 Å². The van der Waals surface area contributed by atoms with Crippen LogP contribution in [0.2, 0.25) is 0 Å². The monoisotopic (exact) mass is 320 g/mol. The van der Waals surface area contributed by atoms with Crippen LogP contribution in [0.1, 0.15) is 26.7 Å². The third-order valence-corrected chi connectivity index (χ3v) is 3.92. The van der Waals surface area contributed by atoms with Gasteiger partial charge in [0, 0.05) is 11.9 Å². The van der Waals surface area contributed by atoms with Crippen molar-refractivity contribution in [1.82, 2.24) is 0 Å². The van der Waals surface area contributed by atoms with Gasteiger partial charge in [0.2, 0.25) is 5.91 Å². The van der Waals surface area contributed by atoms with Crippen LogP contribution in [0.4, 0.5) is 5.69 Å². The van der Waals surface area contributed by atoms with Gasteiger partial charge in [-0.1, -0.05) is 19.4 Å². The second kappa shape index (κ2) is 7.06. The number of nitrogens with one attached hydrogen (secondary N) is 1. The highest BCUT2D eigenvalue weighted by molar-refractivity contribution is 7.90. The lowest BCUT2D eigenvalue weighted by molar-refractivity contribution is -0.120. The van der Waals surface area contributed by atoms with Gasteiger partial charge in [-0.25, -0.2) is 8.42 Å². The highest BCUT2D eigenvalue weighted by Gasteiger charge is 2.27. The van der Waals surface area contributed by atoms with Crippen LogP contribution < -0.4 is 11.1 Å². The van der Waals surface area contributed by atoms with Crippen molar-refractivity contribution in [2.45, 2.75) is 37.1 Å². The Morgan fingerprint density at radius 3 is 2.50 bits per heavy atom. The van der Waals surface area contributed by atoms with Crippen LogP contribution in [0, 0.1) is 0 Å². The summed E-state index contributed by atoms with van der Waals surface area (Å²) in [5.74, 6) is -0.319. The van der Waals surface area contributed by atoms with Gasteiger partial charge < -0.3 is 11.1 Å². The van der Waals surface area contributed by atoms with Crippen molar-refractivity contribution in [3.63, 3.8) is 0 Å². The van der Waals surface area contributed by atoms with Crippen molar-refractivity contribution < 1.29 is 13.2 Å². The molecule has 1 unspecified atom stereocenters. The Bertz CT molecular complexity index is 571. The summed E-state index contributed by atoms with van der Waals surface area (Å²) in [6, 6.07) is 6.13. The van der Waals surface area contributed by atoms with Crippen molar-refractivity contribution in [2.24, 2.45) is 5.73 Å². The van der Waals surface area contributed by atoms with Crippen LogP contribution in [-0.2, 0) is 14.6 Å². The van der Waals surface area contributed by atoms with Crippen molar-refractivity contribution >= 4 is 33.8 Å². The molecule has 1 aromatic rings. The fourth-order valence-electron chi connectivity index (χ4n) is 1.71. The number of carbonyl (C=O) groups excluding carboxylic acids is 1. The number of amides is 1. The van der Waals surface area contributed by atoms with E-state index < -0.39 is 15.4 Å². The summed E-state index contributed by atoms with van der Waals surface area (Å²) in [7, 11) is -3.29. The molecular weight excluding hydrogens is 300 g/mol. The lowest BCUT2D eigenvalue weighted by Crippen LogP contribution is -2.48. The maximum Gasteiger partial charge on any atom is 0.244 e. The molecule has 0 saturated carbocycles. The molecule has 0 bridgehead atoms. The number of hydrogen-bond donors (Lipinski definition) is 2. The molecule has 3 N–H and O–H groups in total. The summed E-state index contributed by atoms with van der Waals surface area (Å²) < 4.78 is 22.9. The first-order valence-electron chi connectivity index (χ1n) is 6.07. The van der Waals surface area contributed by atoms with Gasteiger partial charge in [0.05, 0.1) is 10.4 Å². The lowest BCUT2D eigenvalue weighted by Gasteiger charge is -2.22. The van der Waals surface area contributed by atoms with Gasteiger partial charge in [-0.3, -0.25) is 4.79 Å². The molecule has 1 rings (SSSR count). The quantitative estimate of drug-likeness (QED) is 0.868. The number of anilines is 1. The number of sulfone groups is 1. The largest absolute Gasteiger partial charge is 0.324 e.